The van der Waals surface area contributed by atoms with Crippen LogP contribution in [0.25, 0.3) is 0 Å². The molecule has 94 valence electrons. The molecule has 5 heteroatoms. The van der Waals surface area contributed by atoms with Crippen molar-refractivity contribution in [1.82, 2.24) is 4.90 Å². The van der Waals surface area contributed by atoms with Crippen molar-refractivity contribution in [3.05, 3.63) is 29.3 Å². The predicted molar refractivity (Wildman–Crippen MR) is 65.1 cm³/mol. The van der Waals surface area contributed by atoms with E-state index in [1.165, 1.54) is 0 Å². The van der Waals surface area contributed by atoms with Crippen LogP contribution in [0, 0.1) is 0 Å². The Labute approximate surface area is 105 Å². The third kappa shape index (κ3) is 1.47. The highest BCUT2D eigenvalue weighted by molar-refractivity contribution is 6.06. The molecule has 1 N–H and O–H groups in total. The van der Waals surface area contributed by atoms with Gasteiger partial charge in [-0.05, 0) is 24.1 Å². The molecule has 1 unspecified atom stereocenters. The molecule has 1 fully saturated rings. The fraction of sp³-hybridized carbons (Fsp3) is 0.385. The number of ether oxygens (including phenoxy) is 1. The van der Waals surface area contributed by atoms with Crippen molar-refractivity contribution in [3.63, 3.8) is 0 Å². The Morgan fingerprint density at radius 2 is 2.33 bits per heavy atom. The molecular formula is C13H14N2O3. The summed E-state index contributed by atoms with van der Waals surface area (Å²) in [5.74, 6) is 1.40. The predicted octanol–water partition coefficient (Wildman–Crippen LogP) is 1.64. The molecule has 0 bridgehead atoms. The number of oxime groups is 1. The van der Waals surface area contributed by atoms with E-state index >= 15 is 0 Å². The summed E-state index contributed by atoms with van der Waals surface area (Å²) in [7, 11) is 1.59. The number of nitrogens with zero attached hydrogens (tertiary/aromatic N) is 2. The van der Waals surface area contributed by atoms with Crippen LogP contribution >= 0.6 is 0 Å². The van der Waals surface area contributed by atoms with Crippen molar-refractivity contribution < 1.29 is 14.7 Å². The number of methoxy groups -OCH3 is 1. The highest BCUT2D eigenvalue weighted by atomic mass is 16.5. The van der Waals surface area contributed by atoms with Gasteiger partial charge in [0.2, 0.25) is 0 Å². The van der Waals surface area contributed by atoms with Crippen LogP contribution in [-0.2, 0) is 6.54 Å². The summed E-state index contributed by atoms with van der Waals surface area (Å²) in [4.78, 5) is 14.3. The Bertz CT molecular complexity index is 539. The normalized spacial score (nSPS) is 24.1. The lowest BCUT2D eigenvalue weighted by atomic mass is 9.93. The fourth-order valence-corrected chi connectivity index (χ4v) is 2.74. The first-order chi connectivity index (χ1) is 8.74. The number of hydrogen-bond acceptors (Lipinski definition) is 4. The van der Waals surface area contributed by atoms with Crippen LogP contribution in [-0.4, -0.2) is 34.9 Å². The first kappa shape index (κ1) is 11.1. The Morgan fingerprint density at radius 3 is 3.06 bits per heavy atom. The third-order valence-electron chi connectivity index (χ3n) is 3.69. The zero-order chi connectivity index (χ0) is 12.7. The summed E-state index contributed by atoms with van der Waals surface area (Å²) >= 11 is 0. The minimum Gasteiger partial charge on any atom is -0.497 e. The minimum absolute atomic E-state index is 0.0915. The van der Waals surface area contributed by atoms with Crippen molar-refractivity contribution in [3.8, 4) is 5.75 Å². The van der Waals surface area contributed by atoms with Gasteiger partial charge >= 0.3 is 0 Å². The number of benzene rings is 1. The van der Waals surface area contributed by atoms with E-state index in [0.29, 0.717) is 24.6 Å². The molecule has 2 heterocycles. The van der Waals surface area contributed by atoms with E-state index in [2.05, 4.69) is 5.16 Å². The molecule has 1 aromatic rings. The molecule has 2 aliphatic rings. The van der Waals surface area contributed by atoms with Gasteiger partial charge in [0, 0.05) is 18.5 Å². The number of ketones is 1. The lowest BCUT2D eigenvalue weighted by Gasteiger charge is -2.31. The van der Waals surface area contributed by atoms with E-state index in [1.807, 2.05) is 17.0 Å². The molecule has 3 rings (SSSR count). The number of amidine groups is 1. The van der Waals surface area contributed by atoms with E-state index < -0.39 is 0 Å². The largest absolute Gasteiger partial charge is 0.497 e. The van der Waals surface area contributed by atoms with Gasteiger partial charge in [-0.15, -0.1) is 0 Å². The number of hydrogen-bond donors (Lipinski definition) is 1. The van der Waals surface area contributed by atoms with E-state index in [-0.39, 0.29) is 11.8 Å². The molecule has 0 aromatic heterocycles. The van der Waals surface area contributed by atoms with Crippen LogP contribution in [0.2, 0.25) is 0 Å². The van der Waals surface area contributed by atoms with E-state index in [1.54, 1.807) is 13.2 Å². The van der Waals surface area contributed by atoms with E-state index in [4.69, 9.17) is 9.94 Å². The number of carbonyl (C=O) groups excluding carboxylic acids is 1. The van der Waals surface area contributed by atoms with Gasteiger partial charge in [-0.2, -0.15) is 0 Å². The summed E-state index contributed by atoms with van der Waals surface area (Å²) < 4.78 is 5.15. The van der Waals surface area contributed by atoms with Crippen molar-refractivity contribution in [2.45, 2.75) is 25.4 Å². The maximum Gasteiger partial charge on any atom is 0.185 e. The van der Waals surface area contributed by atoms with Crippen LogP contribution in [0.15, 0.2) is 23.4 Å². The summed E-state index contributed by atoms with van der Waals surface area (Å²) in [5.41, 5.74) is 1.69. The second kappa shape index (κ2) is 4.01. The molecular weight excluding hydrogens is 232 g/mol. The quantitative estimate of drug-likeness (QED) is 0.604. The Kier molecular flexibility index (Phi) is 2.47. The number of rotatable bonds is 1. The Balaban J connectivity index is 2.04. The molecule has 18 heavy (non-hydrogen) atoms. The summed E-state index contributed by atoms with van der Waals surface area (Å²) in [6.07, 6.45) is 1.37. The first-order valence-electron chi connectivity index (χ1n) is 5.93. The van der Waals surface area contributed by atoms with Gasteiger partial charge < -0.3 is 14.8 Å². The van der Waals surface area contributed by atoms with Crippen molar-refractivity contribution in [2.75, 3.05) is 7.11 Å². The SMILES string of the molecule is COc1ccc2c(c1)C(=O)C1CCC(=NO)N1C2. The molecule has 1 saturated heterocycles. The minimum atomic E-state index is -0.185. The highest BCUT2D eigenvalue weighted by Gasteiger charge is 2.40. The number of Topliss-reactive ketones (excluding diaryl/α,β-unsaturated/α-hetero) is 1. The molecule has 0 radical (unpaired) electrons. The molecule has 2 aliphatic heterocycles. The van der Waals surface area contributed by atoms with Crippen molar-refractivity contribution in [1.29, 1.82) is 0 Å². The number of carbonyl (C=O) groups is 1. The Hall–Kier alpha value is -2.04. The van der Waals surface area contributed by atoms with Gasteiger partial charge in [0.15, 0.2) is 5.78 Å². The van der Waals surface area contributed by atoms with Gasteiger partial charge in [0.1, 0.15) is 11.6 Å². The van der Waals surface area contributed by atoms with Gasteiger partial charge in [-0.3, -0.25) is 4.79 Å². The van der Waals surface area contributed by atoms with Gasteiger partial charge in [0.05, 0.1) is 13.2 Å². The van der Waals surface area contributed by atoms with Crippen LogP contribution < -0.4 is 4.74 Å². The molecule has 1 atom stereocenters. The second-order valence-electron chi connectivity index (χ2n) is 4.59. The topological polar surface area (TPSA) is 62.1 Å². The maximum atomic E-state index is 12.4. The fourth-order valence-electron chi connectivity index (χ4n) is 2.74. The van der Waals surface area contributed by atoms with Gasteiger partial charge in [-0.25, -0.2) is 0 Å². The molecule has 0 aliphatic carbocycles. The third-order valence-corrected chi connectivity index (χ3v) is 3.69. The molecule has 1 aromatic carbocycles. The molecule has 0 amide bonds. The van der Waals surface area contributed by atoms with Crippen molar-refractivity contribution >= 4 is 11.6 Å². The van der Waals surface area contributed by atoms with Crippen LogP contribution in [0.1, 0.15) is 28.8 Å². The molecule has 0 spiro atoms. The molecule has 5 nitrogen and oxygen atoms in total. The van der Waals surface area contributed by atoms with Gasteiger partial charge in [-0.1, -0.05) is 11.2 Å². The van der Waals surface area contributed by atoms with Gasteiger partial charge in [0.25, 0.3) is 0 Å². The zero-order valence-electron chi connectivity index (χ0n) is 10.1. The van der Waals surface area contributed by atoms with Crippen LogP contribution in [0.4, 0.5) is 0 Å². The van der Waals surface area contributed by atoms with Crippen molar-refractivity contribution in [2.24, 2.45) is 5.16 Å². The summed E-state index contributed by atoms with van der Waals surface area (Å²) in [5, 5.41) is 12.2. The zero-order valence-corrected chi connectivity index (χ0v) is 10.1. The molecule has 0 saturated carbocycles. The van der Waals surface area contributed by atoms with Crippen LogP contribution in [0.5, 0.6) is 5.75 Å². The maximum absolute atomic E-state index is 12.4. The first-order valence-corrected chi connectivity index (χ1v) is 5.93. The summed E-state index contributed by atoms with van der Waals surface area (Å²) in [6.45, 7) is 0.620. The average Bonchev–Trinajstić information content (AvgIpc) is 2.82. The number of fused-ring (bicyclic) bond motifs is 2. The second-order valence-corrected chi connectivity index (χ2v) is 4.59. The average molecular weight is 246 g/mol. The standard InChI is InChI=1S/C13H14N2O3/c1-18-9-3-2-8-7-15-11(4-5-12(15)14-17)13(16)10(8)6-9/h2-3,6,11,17H,4-5,7H2,1H3. The van der Waals surface area contributed by atoms with E-state index in [9.17, 15) is 4.79 Å². The summed E-state index contributed by atoms with van der Waals surface area (Å²) in [6, 6.07) is 5.35. The highest BCUT2D eigenvalue weighted by Crippen LogP contribution is 2.33. The smallest absolute Gasteiger partial charge is 0.185 e. The monoisotopic (exact) mass is 246 g/mol. The Morgan fingerprint density at radius 1 is 1.50 bits per heavy atom. The van der Waals surface area contributed by atoms with Crippen LogP contribution in [0.3, 0.4) is 0 Å². The lowest BCUT2D eigenvalue weighted by Crippen LogP contribution is -2.42. The van der Waals surface area contributed by atoms with E-state index in [0.717, 1.165) is 17.5 Å². The lowest BCUT2D eigenvalue weighted by molar-refractivity contribution is 0.0872.